The van der Waals surface area contributed by atoms with Crippen LogP contribution in [0.25, 0.3) is 0 Å². The molecule has 7 heteroatoms. The molecule has 1 atom stereocenters. The Labute approximate surface area is 149 Å². The lowest BCUT2D eigenvalue weighted by Gasteiger charge is -2.14. The van der Waals surface area contributed by atoms with E-state index >= 15 is 0 Å². The average Bonchev–Trinajstić information content (AvgIpc) is 2.72. The first-order valence-corrected chi connectivity index (χ1v) is 8.05. The van der Waals surface area contributed by atoms with Crippen molar-refractivity contribution in [3.63, 3.8) is 0 Å². The minimum Gasteiger partial charge on any atom is -0.340 e. The van der Waals surface area contributed by atoms with E-state index in [9.17, 15) is 19.2 Å². The molecule has 2 aromatic carbocycles. The summed E-state index contributed by atoms with van der Waals surface area (Å²) < 4.78 is 0. The van der Waals surface area contributed by atoms with Crippen LogP contribution in [0.4, 0.5) is 11.4 Å². The maximum atomic E-state index is 12.3. The monoisotopic (exact) mass is 351 g/mol. The fourth-order valence-corrected chi connectivity index (χ4v) is 2.67. The van der Waals surface area contributed by atoms with Crippen LogP contribution in [-0.4, -0.2) is 29.5 Å². The van der Waals surface area contributed by atoms with E-state index in [1.165, 1.54) is 6.92 Å². The van der Waals surface area contributed by atoms with Crippen LogP contribution in [0.3, 0.4) is 0 Å². The van der Waals surface area contributed by atoms with Gasteiger partial charge >= 0.3 is 0 Å². The largest absolute Gasteiger partial charge is 0.340 e. The molecule has 0 spiro atoms. The molecule has 3 rings (SSSR count). The molecule has 3 N–H and O–H groups in total. The molecule has 1 heterocycles. The van der Waals surface area contributed by atoms with Crippen molar-refractivity contribution in [3.8, 4) is 0 Å². The van der Waals surface area contributed by atoms with Gasteiger partial charge in [-0.05, 0) is 31.2 Å². The predicted molar refractivity (Wildman–Crippen MR) is 96.0 cm³/mol. The van der Waals surface area contributed by atoms with Crippen LogP contribution in [0.15, 0.2) is 48.5 Å². The van der Waals surface area contributed by atoms with Gasteiger partial charge in [-0.2, -0.15) is 0 Å². The maximum Gasteiger partial charge on any atom is 0.254 e. The Bertz CT molecular complexity index is 907. The SMILES string of the molecule is CC(=O)c1cccc(NC(=O)C[C@@H]2NC(=O)c3ccccc3NC2=O)c1. The third-order valence-corrected chi connectivity index (χ3v) is 3.99. The summed E-state index contributed by atoms with van der Waals surface area (Å²) >= 11 is 0. The third kappa shape index (κ3) is 3.77. The van der Waals surface area contributed by atoms with Crippen molar-refractivity contribution in [3.05, 3.63) is 59.7 Å². The Morgan fingerprint density at radius 3 is 2.62 bits per heavy atom. The first-order valence-electron chi connectivity index (χ1n) is 8.05. The lowest BCUT2D eigenvalue weighted by molar-refractivity contribution is -0.122. The Balaban J connectivity index is 1.70. The first-order chi connectivity index (χ1) is 12.4. The number of carbonyl (C=O) groups excluding carboxylic acids is 4. The molecule has 26 heavy (non-hydrogen) atoms. The van der Waals surface area contributed by atoms with Crippen LogP contribution in [0.1, 0.15) is 34.1 Å². The van der Waals surface area contributed by atoms with Crippen molar-refractivity contribution in [2.45, 2.75) is 19.4 Å². The summed E-state index contributed by atoms with van der Waals surface area (Å²) in [6.45, 7) is 1.43. The van der Waals surface area contributed by atoms with Gasteiger partial charge in [-0.15, -0.1) is 0 Å². The third-order valence-electron chi connectivity index (χ3n) is 3.99. The molecule has 0 bridgehead atoms. The van der Waals surface area contributed by atoms with Crippen LogP contribution in [-0.2, 0) is 9.59 Å². The minimum absolute atomic E-state index is 0.116. The van der Waals surface area contributed by atoms with Crippen LogP contribution in [0.2, 0.25) is 0 Å². The van der Waals surface area contributed by atoms with Gasteiger partial charge in [0.2, 0.25) is 11.8 Å². The number of nitrogens with one attached hydrogen (secondary N) is 3. The van der Waals surface area contributed by atoms with Crippen molar-refractivity contribution in [1.29, 1.82) is 0 Å². The van der Waals surface area contributed by atoms with Crippen LogP contribution in [0, 0.1) is 0 Å². The van der Waals surface area contributed by atoms with Gasteiger partial charge in [-0.3, -0.25) is 19.2 Å². The summed E-state index contributed by atoms with van der Waals surface area (Å²) in [5.74, 6) is -1.45. The molecule has 0 unspecified atom stereocenters. The van der Waals surface area contributed by atoms with Gasteiger partial charge in [0.25, 0.3) is 5.91 Å². The number of carbonyl (C=O) groups is 4. The zero-order valence-electron chi connectivity index (χ0n) is 14.0. The number of ketones is 1. The van der Waals surface area contributed by atoms with Crippen LogP contribution >= 0.6 is 0 Å². The van der Waals surface area contributed by atoms with Gasteiger partial charge in [0.1, 0.15) is 6.04 Å². The van der Waals surface area contributed by atoms with E-state index in [4.69, 9.17) is 0 Å². The zero-order valence-corrected chi connectivity index (χ0v) is 14.0. The smallest absolute Gasteiger partial charge is 0.254 e. The lowest BCUT2D eigenvalue weighted by Crippen LogP contribution is -2.43. The van der Waals surface area contributed by atoms with Gasteiger partial charge in [0, 0.05) is 11.3 Å². The average molecular weight is 351 g/mol. The highest BCUT2D eigenvalue weighted by Gasteiger charge is 2.29. The first kappa shape index (κ1) is 17.3. The Hall–Kier alpha value is -3.48. The molecular weight excluding hydrogens is 334 g/mol. The van der Waals surface area contributed by atoms with Crippen molar-refractivity contribution < 1.29 is 19.2 Å². The van der Waals surface area contributed by atoms with E-state index in [2.05, 4.69) is 16.0 Å². The number of anilines is 2. The fourth-order valence-electron chi connectivity index (χ4n) is 2.67. The number of para-hydroxylation sites is 1. The van der Waals surface area contributed by atoms with E-state index in [0.29, 0.717) is 22.5 Å². The molecule has 0 saturated carbocycles. The number of hydrogen-bond donors (Lipinski definition) is 3. The highest BCUT2D eigenvalue weighted by molar-refractivity contribution is 6.11. The summed E-state index contributed by atoms with van der Waals surface area (Å²) in [5.41, 5.74) is 1.68. The number of hydrogen-bond acceptors (Lipinski definition) is 4. The highest BCUT2D eigenvalue weighted by Crippen LogP contribution is 2.19. The molecular formula is C19H17N3O4. The standard InChI is InChI=1S/C19H17N3O4/c1-11(23)12-5-4-6-13(9-12)20-17(24)10-16-19(26)21-15-8-3-2-7-14(15)18(25)22-16/h2-9,16H,10H2,1H3,(H,20,24)(H,21,26)(H,22,25)/t16-/m0/s1. The summed E-state index contributed by atoms with van der Waals surface area (Å²) in [6.07, 6.45) is -0.226. The zero-order chi connectivity index (χ0) is 18.7. The molecule has 3 amide bonds. The maximum absolute atomic E-state index is 12.3. The predicted octanol–water partition coefficient (Wildman–Crippen LogP) is 1.97. The molecule has 1 aliphatic rings. The number of benzene rings is 2. The normalized spacial score (nSPS) is 16.0. The molecule has 0 aromatic heterocycles. The molecule has 0 saturated heterocycles. The molecule has 132 valence electrons. The summed E-state index contributed by atoms with van der Waals surface area (Å²) in [7, 11) is 0. The van der Waals surface area contributed by atoms with Gasteiger partial charge < -0.3 is 16.0 Å². The van der Waals surface area contributed by atoms with E-state index in [1.807, 2.05) is 0 Å². The Morgan fingerprint density at radius 1 is 1.08 bits per heavy atom. The van der Waals surface area contributed by atoms with E-state index in [-0.39, 0.29) is 12.2 Å². The fraction of sp³-hybridized carbons (Fsp3) is 0.158. The van der Waals surface area contributed by atoms with Crippen LogP contribution in [0.5, 0.6) is 0 Å². The molecule has 7 nitrogen and oxygen atoms in total. The highest BCUT2D eigenvalue weighted by atomic mass is 16.2. The molecule has 0 fully saturated rings. The van der Waals surface area contributed by atoms with E-state index in [1.54, 1.807) is 48.5 Å². The second kappa shape index (κ2) is 7.18. The Morgan fingerprint density at radius 2 is 1.85 bits per heavy atom. The number of amides is 3. The second-order valence-electron chi connectivity index (χ2n) is 5.95. The van der Waals surface area contributed by atoms with E-state index < -0.39 is 23.8 Å². The minimum atomic E-state index is -0.995. The second-order valence-corrected chi connectivity index (χ2v) is 5.95. The topological polar surface area (TPSA) is 104 Å². The van der Waals surface area contributed by atoms with Crippen molar-refractivity contribution in [2.24, 2.45) is 0 Å². The van der Waals surface area contributed by atoms with Crippen molar-refractivity contribution in [2.75, 3.05) is 10.6 Å². The molecule has 0 radical (unpaired) electrons. The van der Waals surface area contributed by atoms with Gasteiger partial charge in [0.15, 0.2) is 5.78 Å². The summed E-state index contributed by atoms with van der Waals surface area (Å²) in [6, 6.07) is 12.1. The number of fused-ring (bicyclic) bond motifs is 1. The van der Waals surface area contributed by atoms with Crippen molar-refractivity contribution in [1.82, 2.24) is 5.32 Å². The van der Waals surface area contributed by atoms with Gasteiger partial charge in [-0.1, -0.05) is 24.3 Å². The lowest BCUT2D eigenvalue weighted by atomic mass is 10.1. The van der Waals surface area contributed by atoms with Gasteiger partial charge in [0.05, 0.1) is 17.7 Å². The quantitative estimate of drug-likeness (QED) is 0.733. The summed E-state index contributed by atoms with van der Waals surface area (Å²) in [5, 5.41) is 7.85. The number of rotatable bonds is 4. The van der Waals surface area contributed by atoms with Gasteiger partial charge in [-0.25, -0.2) is 0 Å². The molecule has 0 aliphatic carbocycles. The number of Topliss-reactive ketones (excluding diaryl/α,β-unsaturated/α-hetero) is 1. The molecule has 2 aromatic rings. The molecule has 1 aliphatic heterocycles. The Kier molecular flexibility index (Phi) is 4.79. The van der Waals surface area contributed by atoms with Crippen LogP contribution < -0.4 is 16.0 Å². The van der Waals surface area contributed by atoms with Crippen molar-refractivity contribution >= 4 is 34.9 Å². The van der Waals surface area contributed by atoms with E-state index in [0.717, 1.165) is 0 Å². The summed E-state index contributed by atoms with van der Waals surface area (Å²) in [4.78, 5) is 48.2.